The van der Waals surface area contributed by atoms with Crippen LogP contribution in [-0.2, 0) is 5.60 Å². The first-order valence-corrected chi connectivity index (χ1v) is 4.81. The molecule has 0 fully saturated rings. The molecule has 0 amide bonds. The van der Waals surface area contributed by atoms with Crippen molar-refractivity contribution in [1.82, 2.24) is 0 Å². The van der Waals surface area contributed by atoms with Gasteiger partial charge < -0.3 is 9.84 Å². The van der Waals surface area contributed by atoms with Crippen LogP contribution in [0.3, 0.4) is 0 Å². The molecule has 78 valence electrons. The minimum absolute atomic E-state index is 0.523. The summed E-state index contributed by atoms with van der Waals surface area (Å²) in [6, 6.07) is 3.57. The van der Waals surface area contributed by atoms with E-state index >= 15 is 0 Å². The number of methoxy groups -OCH3 is 1. The van der Waals surface area contributed by atoms with Gasteiger partial charge in [0.1, 0.15) is 5.75 Å². The number of halogens is 1. The molecule has 1 rings (SSSR count). The van der Waals surface area contributed by atoms with Crippen LogP contribution >= 0.6 is 11.6 Å². The summed E-state index contributed by atoms with van der Waals surface area (Å²) >= 11 is 5.97. The van der Waals surface area contributed by atoms with E-state index in [1.165, 1.54) is 0 Å². The summed E-state index contributed by atoms with van der Waals surface area (Å²) in [4.78, 5) is 0. The topological polar surface area (TPSA) is 29.5 Å². The first-order chi connectivity index (χ1) is 6.36. The molecule has 0 aliphatic heterocycles. The van der Waals surface area contributed by atoms with Crippen molar-refractivity contribution in [2.75, 3.05) is 7.11 Å². The van der Waals surface area contributed by atoms with Crippen LogP contribution in [0.1, 0.15) is 25.0 Å². The van der Waals surface area contributed by atoms with Crippen molar-refractivity contribution in [3.63, 3.8) is 0 Å². The van der Waals surface area contributed by atoms with E-state index in [1.807, 2.05) is 13.0 Å². The molecule has 1 aromatic carbocycles. The van der Waals surface area contributed by atoms with E-state index < -0.39 is 5.60 Å². The number of benzene rings is 1. The molecule has 0 bridgehead atoms. The summed E-state index contributed by atoms with van der Waals surface area (Å²) < 4.78 is 5.08. The van der Waals surface area contributed by atoms with Crippen molar-refractivity contribution in [2.45, 2.75) is 26.4 Å². The first kappa shape index (κ1) is 11.3. The maximum Gasteiger partial charge on any atom is 0.137 e. The summed E-state index contributed by atoms with van der Waals surface area (Å²) in [7, 11) is 1.57. The average molecular weight is 215 g/mol. The molecule has 0 radical (unpaired) electrons. The van der Waals surface area contributed by atoms with Crippen LogP contribution in [0.5, 0.6) is 5.75 Å². The highest BCUT2D eigenvalue weighted by atomic mass is 35.5. The number of hydrogen-bond donors (Lipinski definition) is 1. The summed E-state index contributed by atoms with van der Waals surface area (Å²) in [6.45, 7) is 5.39. The Morgan fingerprint density at radius 1 is 1.36 bits per heavy atom. The van der Waals surface area contributed by atoms with Gasteiger partial charge in [-0.25, -0.2) is 0 Å². The van der Waals surface area contributed by atoms with Crippen molar-refractivity contribution < 1.29 is 9.84 Å². The molecule has 2 nitrogen and oxygen atoms in total. The fourth-order valence-corrected chi connectivity index (χ4v) is 1.71. The van der Waals surface area contributed by atoms with E-state index in [1.54, 1.807) is 27.0 Å². The fourth-order valence-electron chi connectivity index (χ4n) is 1.47. The van der Waals surface area contributed by atoms with Crippen LogP contribution in [0.4, 0.5) is 0 Å². The maximum absolute atomic E-state index is 9.86. The van der Waals surface area contributed by atoms with Crippen molar-refractivity contribution in [1.29, 1.82) is 0 Å². The molecule has 0 saturated heterocycles. The average Bonchev–Trinajstić information content (AvgIpc) is 2.06. The number of hydrogen-bond acceptors (Lipinski definition) is 2. The molecule has 14 heavy (non-hydrogen) atoms. The van der Waals surface area contributed by atoms with Crippen LogP contribution in [-0.4, -0.2) is 12.2 Å². The Labute approximate surface area is 89.5 Å². The van der Waals surface area contributed by atoms with Crippen LogP contribution in [0.2, 0.25) is 5.02 Å². The Bertz CT molecular complexity index is 340. The lowest BCUT2D eigenvalue weighted by molar-refractivity contribution is 0.0779. The van der Waals surface area contributed by atoms with Gasteiger partial charge in [-0.1, -0.05) is 11.6 Å². The largest absolute Gasteiger partial charge is 0.495 e. The normalized spacial score (nSPS) is 11.6. The molecule has 1 N–H and O–H groups in total. The van der Waals surface area contributed by atoms with E-state index in [-0.39, 0.29) is 0 Å². The third kappa shape index (κ3) is 2.20. The summed E-state index contributed by atoms with van der Waals surface area (Å²) in [5.74, 6) is 0.636. The molecular weight excluding hydrogens is 200 g/mol. The SMILES string of the molecule is COc1cc(C)c(C(C)(C)O)cc1Cl. The fraction of sp³-hybridized carbons (Fsp3) is 0.455. The first-order valence-electron chi connectivity index (χ1n) is 4.43. The van der Waals surface area contributed by atoms with Crippen molar-refractivity contribution in [2.24, 2.45) is 0 Å². The minimum Gasteiger partial charge on any atom is -0.495 e. The van der Waals surface area contributed by atoms with E-state index in [2.05, 4.69) is 0 Å². The second-order valence-corrected chi connectivity index (χ2v) is 4.27. The predicted octanol–water partition coefficient (Wildman–Crippen LogP) is 2.88. The molecule has 0 heterocycles. The Morgan fingerprint density at radius 2 is 1.93 bits per heavy atom. The number of aryl methyl sites for hydroxylation is 1. The van der Waals surface area contributed by atoms with E-state index in [0.29, 0.717) is 10.8 Å². The highest BCUT2D eigenvalue weighted by Crippen LogP contribution is 2.32. The molecule has 0 atom stereocenters. The number of aliphatic hydroxyl groups is 1. The lowest BCUT2D eigenvalue weighted by atomic mass is 9.94. The van der Waals surface area contributed by atoms with Gasteiger partial charge in [0.05, 0.1) is 17.7 Å². The molecule has 0 saturated carbocycles. The maximum atomic E-state index is 9.86. The summed E-state index contributed by atoms with van der Waals surface area (Å²) in [6.07, 6.45) is 0. The molecule has 0 aliphatic rings. The van der Waals surface area contributed by atoms with Gasteiger partial charge in [-0.3, -0.25) is 0 Å². The van der Waals surface area contributed by atoms with Gasteiger partial charge in [-0.2, -0.15) is 0 Å². The van der Waals surface area contributed by atoms with E-state index in [0.717, 1.165) is 11.1 Å². The van der Waals surface area contributed by atoms with Crippen LogP contribution in [0, 0.1) is 6.92 Å². The van der Waals surface area contributed by atoms with Crippen LogP contribution < -0.4 is 4.74 Å². The highest BCUT2D eigenvalue weighted by Gasteiger charge is 2.20. The van der Waals surface area contributed by atoms with Crippen LogP contribution in [0.15, 0.2) is 12.1 Å². The lowest BCUT2D eigenvalue weighted by Crippen LogP contribution is -2.17. The van der Waals surface area contributed by atoms with Crippen molar-refractivity contribution >= 4 is 11.6 Å². The van der Waals surface area contributed by atoms with Gasteiger partial charge in [0, 0.05) is 0 Å². The second kappa shape index (κ2) is 3.79. The van der Waals surface area contributed by atoms with Crippen molar-refractivity contribution in [3.05, 3.63) is 28.3 Å². The zero-order valence-electron chi connectivity index (χ0n) is 8.89. The molecule has 0 spiro atoms. The molecule has 0 unspecified atom stereocenters. The van der Waals surface area contributed by atoms with Gasteiger partial charge in [-0.15, -0.1) is 0 Å². The quantitative estimate of drug-likeness (QED) is 0.821. The third-order valence-electron chi connectivity index (χ3n) is 2.16. The Morgan fingerprint density at radius 3 is 2.36 bits per heavy atom. The third-order valence-corrected chi connectivity index (χ3v) is 2.45. The Hall–Kier alpha value is -0.730. The smallest absolute Gasteiger partial charge is 0.137 e. The van der Waals surface area contributed by atoms with Gasteiger partial charge in [0.2, 0.25) is 0 Å². The Balaban J connectivity index is 3.29. The Kier molecular flexibility index (Phi) is 3.07. The van der Waals surface area contributed by atoms with Crippen LogP contribution in [0.25, 0.3) is 0 Å². The summed E-state index contributed by atoms with van der Waals surface area (Å²) in [5.41, 5.74) is 0.919. The molecule has 0 aromatic heterocycles. The number of ether oxygens (including phenoxy) is 1. The standard InChI is InChI=1S/C11H15ClO2/c1-7-5-10(14-4)9(12)6-8(7)11(2,3)13/h5-6,13H,1-4H3. The molecule has 0 aliphatic carbocycles. The molecular formula is C11H15ClO2. The minimum atomic E-state index is -0.875. The molecule has 3 heteroatoms. The zero-order valence-corrected chi connectivity index (χ0v) is 9.64. The van der Waals surface area contributed by atoms with E-state index in [4.69, 9.17) is 16.3 Å². The van der Waals surface area contributed by atoms with Crippen molar-refractivity contribution in [3.8, 4) is 5.75 Å². The van der Waals surface area contributed by atoms with Gasteiger partial charge in [0.25, 0.3) is 0 Å². The second-order valence-electron chi connectivity index (χ2n) is 3.86. The molecule has 1 aromatic rings. The highest BCUT2D eigenvalue weighted by molar-refractivity contribution is 6.32. The monoisotopic (exact) mass is 214 g/mol. The predicted molar refractivity (Wildman–Crippen MR) is 58.0 cm³/mol. The van der Waals surface area contributed by atoms with Gasteiger partial charge >= 0.3 is 0 Å². The van der Waals surface area contributed by atoms with Gasteiger partial charge in [0.15, 0.2) is 0 Å². The lowest BCUT2D eigenvalue weighted by Gasteiger charge is -2.21. The summed E-state index contributed by atoms with van der Waals surface area (Å²) in [5, 5.41) is 10.4. The number of rotatable bonds is 2. The van der Waals surface area contributed by atoms with Gasteiger partial charge in [-0.05, 0) is 44.0 Å². The zero-order chi connectivity index (χ0) is 10.9. The van der Waals surface area contributed by atoms with E-state index in [9.17, 15) is 5.11 Å².